The first kappa shape index (κ1) is 16.6. The lowest BCUT2D eigenvalue weighted by atomic mass is 9.94. The first-order chi connectivity index (χ1) is 11.1. The van der Waals surface area contributed by atoms with Gasteiger partial charge in [-0.1, -0.05) is 11.3 Å². The smallest absolute Gasteiger partial charge is 0.310 e. The van der Waals surface area contributed by atoms with Crippen molar-refractivity contribution in [3.63, 3.8) is 0 Å². The molecule has 1 amide bonds. The first-order valence-corrected chi connectivity index (χ1v) is 9.23. The standard InChI is InChI=1S/C15H18BrN3O3S/c16-11-7-12-14(17-8-11)23-15(22)19(12)9-13(21)18-4-1-10(2-5-18)3-6-20/h7-8,10,20H,1-6,9H2. The van der Waals surface area contributed by atoms with E-state index in [2.05, 4.69) is 20.9 Å². The van der Waals surface area contributed by atoms with Gasteiger partial charge >= 0.3 is 4.87 Å². The number of carbonyl (C=O) groups is 1. The van der Waals surface area contributed by atoms with E-state index >= 15 is 0 Å². The van der Waals surface area contributed by atoms with Crippen LogP contribution in [0.25, 0.3) is 10.3 Å². The second-order valence-corrected chi connectivity index (χ2v) is 7.62. The Kier molecular flexibility index (Phi) is 5.13. The van der Waals surface area contributed by atoms with Crippen molar-refractivity contribution in [2.75, 3.05) is 19.7 Å². The summed E-state index contributed by atoms with van der Waals surface area (Å²) in [5.74, 6) is 0.461. The highest BCUT2D eigenvalue weighted by Gasteiger charge is 2.23. The second kappa shape index (κ2) is 7.11. The summed E-state index contributed by atoms with van der Waals surface area (Å²) >= 11 is 4.41. The highest BCUT2D eigenvalue weighted by Crippen LogP contribution is 2.22. The van der Waals surface area contributed by atoms with Crippen molar-refractivity contribution in [2.24, 2.45) is 5.92 Å². The van der Waals surface area contributed by atoms with Crippen LogP contribution in [0.15, 0.2) is 21.5 Å². The van der Waals surface area contributed by atoms with E-state index in [1.165, 1.54) is 4.57 Å². The molecule has 2 aromatic rings. The van der Waals surface area contributed by atoms with Crippen molar-refractivity contribution >= 4 is 43.5 Å². The maximum Gasteiger partial charge on any atom is 0.310 e. The van der Waals surface area contributed by atoms with Gasteiger partial charge in [0.1, 0.15) is 11.4 Å². The molecule has 2 aromatic heterocycles. The Balaban J connectivity index is 1.72. The topological polar surface area (TPSA) is 75.4 Å². The molecule has 0 spiro atoms. The summed E-state index contributed by atoms with van der Waals surface area (Å²) < 4.78 is 2.29. The highest BCUT2D eigenvalue weighted by atomic mass is 79.9. The normalized spacial score (nSPS) is 16.2. The Bertz CT molecular complexity index is 765. The molecule has 0 unspecified atom stereocenters. The predicted octanol–water partition coefficient (Wildman–Crippen LogP) is 1.84. The van der Waals surface area contributed by atoms with Crippen molar-refractivity contribution in [3.8, 4) is 0 Å². The number of aromatic nitrogens is 2. The first-order valence-electron chi connectivity index (χ1n) is 7.62. The van der Waals surface area contributed by atoms with E-state index in [0.29, 0.717) is 29.4 Å². The number of aliphatic hydroxyl groups excluding tert-OH is 1. The maximum atomic E-state index is 12.5. The Morgan fingerprint density at radius 3 is 2.87 bits per heavy atom. The van der Waals surface area contributed by atoms with Crippen molar-refractivity contribution in [3.05, 3.63) is 26.4 Å². The minimum Gasteiger partial charge on any atom is -0.396 e. The number of aliphatic hydroxyl groups is 1. The molecule has 23 heavy (non-hydrogen) atoms. The van der Waals surface area contributed by atoms with E-state index in [9.17, 15) is 9.59 Å². The SMILES string of the molecule is O=C(Cn1c(=O)sc2ncc(Br)cc21)N1CCC(CCO)CC1. The van der Waals surface area contributed by atoms with Gasteiger partial charge in [0.05, 0.1) is 5.52 Å². The van der Waals surface area contributed by atoms with Crippen LogP contribution < -0.4 is 4.87 Å². The Morgan fingerprint density at radius 1 is 1.43 bits per heavy atom. The van der Waals surface area contributed by atoms with E-state index < -0.39 is 0 Å². The van der Waals surface area contributed by atoms with E-state index in [1.807, 2.05) is 11.0 Å². The summed E-state index contributed by atoms with van der Waals surface area (Å²) in [5, 5.41) is 8.99. The number of pyridine rings is 1. The molecule has 124 valence electrons. The summed E-state index contributed by atoms with van der Waals surface area (Å²) in [6.45, 7) is 1.66. The number of amides is 1. The van der Waals surface area contributed by atoms with Gasteiger partial charge in [-0.2, -0.15) is 0 Å². The summed E-state index contributed by atoms with van der Waals surface area (Å²) in [6, 6.07) is 1.82. The van der Waals surface area contributed by atoms with E-state index in [0.717, 1.165) is 35.1 Å². The zero-order valence-corrected chi connectivity index (χ0v) is 15.0. The van der Waals surface area contributed by atoms with Gasteiger partial charge in [0, 0.05) is 30.4 Å². The van der Waals surface area contributed by atoms with Crippen LogP contribution in [0.5, 0.6) is 0 Å². The van der Waals surface area contributed by atoms with Gasteiger partial charge < -0.3 is 10.0 Å². The second-order valence-electron chi connectivity index (χ2n) is 5.77. The van der Waals surface area contributed by atoms with E-state index in [-0.39, 0.29) is 23.9 Å². The van der Waals surface area contributed by atoms with Crippen LogP contribution in [0.1, 0.15) is 19.3 Å². The number of hydrogen-bond acceptors (Lipinski definition) is 5. The molecule has 0 bridgehead atoms. The number of hydrogen-bond donors (Lipinski definition) is 1. The number of piperidine rings is 1. The zero-order valence-electron chi connectivity index (χ0n) is 12.6. The molecule has 1 aliphatic rings. The summed E-state index contributed by atoms with van der Waals surface area (Å²) in [4.78, 5) is 31.2. The minimum atomic E-state index is -0.158. The third-order valence-corrected chi connectivity index (χ3v) is 5.63. The quantitative estimate of drug-likeness (QED) is 0.850. The highest BCUT2D eigenvalue weighted by molar-refractivity contribution is 9.10. The molecular weight excluding hydrogens is 382 g/mol. The lowest BCUT2D eigenvalue weighted by Gasteiger charge is -2.31. The van der Waals surface area contributed by atoms with Crippen LogP contribution >= 0.6 is 27.3 Å². The summed E-state index contributed by atoms with van der Waals surface area (Å²) in [5.41, 5.74) is 0.692. The molecule has 0 saturated carbocycles. The molecule has 1 N–H and O–H groups in total. The Labute approximate surface area is 145 Å². The lowest BCUT2D eigenvalue weighted by molar-refractivity contribution is -0.133. The third-order valence-electron chi connectivity index (χ3n) is 4.29. The van der Waals surface area contributed by atoms with Gasteiger partial charge in [-0.15, -0.1) is 0 Å². The van der Waals surface area contributed by atoms with Crippen LogP contribution in [0.4, 0.5) is 0 Å². The van der Waals surface area contributed by atoms with Crippen molar-refractivity contribution < 1.29 is 9.90 Å². The average molecular weight is 400 g/mol. The van der Waals surface area contributed by atoms with Crippen LogP contribution in [0.3, 0.4) is 0 Å². The molecule has 6 nitrogen and oxygen atoms in total. The minimum absolute atomic E-state index is 0.0331. The Morgan fingerprint density at radius 2 is 2.17 bits per heavy atom. The van der Waals surface area contributed by atoms with Crippen molar-refractivity contribution in [1.82, 2.24) is 14.5 Å². The number of carbonyl (C=O) groups excluding carboxylic acids is 1. The molecule has 0 aliphatic carbocycles. The molecular formula is C15H18BrN3O3S. The number of thiazole rings is 1. The number of nitrogens with zero attached hydrogens (tertiary/aromatic N) is 3. The van der Waals surface area contributed by atoms with Gasteiger partial charge in [-0.25, -0.2) is 4.98 Å². The van der Waals surface area contributed by atoms with Crippen LogP contribution in [0.2, 0.25) is 0 Å². The number of rotatable bonds is 4. The average Bonchev–Trinajstić information content (AvgIpc) is 2.84. The fourth-order valence-corrected chi connectivity index (χ4v) is 4.10. The molecule has 1 aliphatic heterocycles. The molecule has 1 saturated heterocycles. The Hall–Kier alpha value is -1.25. The van der Waals surface area contributed by atoms with Gasteiger partial charge in [0.15, 0.2) is 0 Å². The van der Waals surface area contributed by atoms with Gasteiger partial charge in [-0.05, 0) is 47.2 Å². The summed E-state index contributed by atoms with van der Waals surface area (Å²) in [6.07, 6.45) is 4.28. The number of halogens is 1. The van der Waals surface area contributed by atoms with Gasteiger partial charge in [0.25, 0.3) is 0 Å². The predicted molar refractivity (Wildman–Crippen MR) is 92.6 cm³/mol. The molecule has 8 heteroatoms. The zero-order chi connectivity index (χ0) is 16.4. The molecule has 0 aromatic carbocycles. The van der Waals surface area contributed by atoms with Crippen molar-refractivity contribution in [1.29, 1.82) is 0 Å². The number of fused-ring (bicyclic) bond motifs is 1. The molecule has 3 rings (SSSR count). The molecule has 0 radical (unpaired) electrons. The fourth-order valence-electron chi connectivity index (χ4n) is 2.96. The van der Waals surface area contributed by atoms with Gasteiger partial charge in [-0.3, -0.25) is 14.2 Å². The fraction of sp³-hybridized carbons (Fsp3) is 0.533. The third kappa shape index (κ3) is 3.64. The van der Waals surface area contributed by atoms with Crippen LogP contribution in [0, 0.1) is 5.92 Å². The van der Waals surface area contributed by atoms with Crippen molar-refractivity contribution in [2.45, 2.75) is 25.8 Å². The van der Waals surface area contributed by atoms with Crippen LogP contribution in [-0.2, 0) is 11.3 Å². The number of likely N-dealkylation sites (tertiary alicyclic amines) is 1. The van der Waals surface area contributed by atoms with E-state index in [4.69, 9.17) is 5.11 Å². The van der Waals surface area contributed by atoms with E-state index in [1.54, 1.807) is 6.20 Å². The van der Waals surface area contributed by atoms with Crippen LogP contribution in [-0.4, -0.2) is 45.2 Å². The molecule has 0 atom stereocenters. The monoisotopic (exact) mass is 399 g/mol. The largest absolute Gasteiger partial charge is 0.396 e. The molecule has 3 heterocycles. The maximum absolute atomic E-state index is 12.5. The van der Waals surface area contributed by atoms with Gasteiger partial charge in [0.2, 0.25) is 5.91 Å². The summed E-state index contributed by atoms with van der Waals surface area (Å²) in [7, 11) is 0. The molecule has 1 fully saturated rings. The lowest BCUT2D eigenvalue weighted by Crippen LogP contribution is -2.41.